The van der Waals surface area contributed by atoms with Crippen molar-refractivity contribution in [3.8, 4) is 11.6 Å². The van der Waals surface area contributed by atoms with Gasteiger partial charge in [-0.05, 0) is 13.0 Å². The molecule has 0 aromatic carbocycles. The van der Waals surface area contributed by atoms with Crippen molar-refractivity contribution in [3.05, 3.63) is 18.3 Å². The minimum Gasteiger partial charge on any atom is -0.495 e. The number of carboxylic acid groups (broad SMARTS) is 1. The molecule has 0 fully saturated rings. The number of aliphatic carboxylic acids is 1. The highest BCUT2D eigenvalue weighted by Crippen LogP contribution is 2.13. The van der Waals surface area contributed by atoms with E-state index in [9.17, 15) is 4.79 Å². The zero-order chi connectivity index (χ0) is 10.6. The fourth-order valence-electron chi connectivity index (χ4n) is 0.789. The summed E-state index contributed by atoms with van der Waals surface area (Å²) in [6.45, 7) is 1.44. The zero-order valence-corrected chi connectivity index (χ0v) is 7.93. The fraction of sp³-hybridized carbons (Fsp3) is 0.333. The minimum absolute atomic E-state index is 0.265. The quantitative estimate of drug-likeness (QED) is 0.778. The predicted octanol–water partition coefficient (Wildman–Crippen LogP) is 0.942. The van der Waals surface area contributed by atoms with Crippen molar-refractivity contribution in [3.63, 3.8) is 0 Å². The Morgan fingerprint density at radius 3 is 2.71 bits per heavy atom. The lowest BCUT2D eigenvalue weighted by atomic mass is 10.4. The predicted molar refractivity (Wildman–Crippen MR) is 48.5 cm³/mol. The number of rotatable bonds is 4. The maximum atomic E-state index is 10.4. The number of hydrogen-bond acceptors (Lipinski definition) is 4. The Labute approximate surface area is 81.3 Å². The molecule has 0 aliphatic heterocycles. The Morgan fingerprint density at radius 2 is 2.29 bits per heavy atom. The largest absolute Gasteiger partial charge is 0.495 e. The molecular weight excluding hydrogens is 186 g/mol. The standard InChI is InChI=1S/C9H11NO4/c1-6(9(11)12)14-8-4-3-7(13-2)5-10-8/h3-6H,1-2H3,(H,11,12). The molecule has 1 atom stereocenters. The molecule has 0 radical (unpaired) electrons. The summed E-state index contributed by atoms with van der Waals surface area (Å²) in [5.74, 6) is -0.163. The van der Waals surface area contributed by atoms with E-state index in [1.165, 1.54) is 20.2 Å². The van der Waals surface area contributed by atoms with Crippen LogP contribution in [0.3, 0.4) is 0 Å². The minimum atomic E-state index is -1.03. The number of carbonyl (C=O) groups is 1. The smallest absolute Gasteiger partial charge is 0.344 e. The number of nitrogens with zero attached hydrogens (tertiary/aromatic N) is 1. The van der Waals surface area contributed by atoms with E-state index >= 15 is 0 Å². The van der Waals surface area contributed by atoms with Crippen molar-refractivity contribution in [2.75, 3.05) is 7.11 Å². The molecule has 0 saturated carbocycles. The first-order valence-electron chi connectivity index (χ1n) is 4.03. The summed E-state index contributed by atoms with van der Waals surface area (Å²) in [5.41, 5.74) is 0. The van der Waals surface area contributed by atoms with E-state index in [4.69, 9.17) is 14.6 Å². The Hall–Kier alpha value is -1.78. The molecule has 76 valence electrons. The first-order chi connectivity index (χ1) is 6.63. The second kappa shape index (κ2) is 4.45. The molecule has 1 aromatic rings. The molecule has 5 heteroatoms. The van der Waals surface area contributed by atoms with E-state index in [0.717, 1.165) is 0 Å². The van der Waals surface area contributed by atoms with E-state index in [2.05, 4.69) is 4.98 Å². The Bertz CT molecular complexity index is 309. The normalized spacial score (nSPS) is 11.9. The number of pyridine rings is 1. The second-order valence-electron chi connectivity index (χ2n) is 2.63. The molecule has 0 aliphatic rings. The highest BCUT2D eigenvalue weighted by molar-refractivity contribution is 5.72. The van der Waals surface area contributed by atoms with Gasteiger partial charge in [0.05, 0.1) is 13.3 Å². The van der Waals surface area contributed by atoms with Crippen molar-refractivity contribution >= 4 is 5.97 Å². The third kappa shape index (κ3) is 2.62. The summed E-state index contributed by atoms with van der Waals surface area (Å²) in [7, 11) is 1.53. The van der Waals surface area contributed by atoms with E-state index in [-0.39, 0.29) is 5.88 Å². The maximum absolute atomic E-state index is 10.4. The highest BCUT2D eigenvalue weighted by Gasteiger charge is 2.12. The third-order valence-electron chi connectivity index (χ3n) is 1.59. The van der Waals surface area contributed by atoms with Crippen LogP contribution in [0, 0.1) is 0 Å². The van der Waals surface area contributed by atoms with Gasteiger partial charge in [-0.1, -0.05) is 0 Å². The number of carboxylic acids is 1. The van der Waals surface area contributed by atoms with E-state index in [1.807, 2.05) is 0 Å². The van der Waals surface area contributed by atoms with Crippen molar-refractivity contribution < 1.29 is 19.4 Å². The van der Waals surface area contributed by atoms with Crippen molar-refractivity contribution in [2.45, 2.75) is 13.0 Å². The average Bonchev–Trinajstić information content (AvgIpc) is 2.19. The van der Waals surface area contributed by atoms with Gasteiger partial charge in [-0.15, -0.1) is 0 Å². The van der Waals surface area contributed by atoms with E-state index in [1.54, 1.807) is 12.1 Å². The molecule has 1 unspecified atom stereocenters. The van der Waals surface area contributed by atoms with Gasteiger partial charge in [-0.2, -0.15) is 0 Å². The number of hydrogen-bond donors (Lipinski definition) is 1. The summed E-state index contributed by atoms with van der Waals surface area (Å²) in [6, 6.07) is 3.20. The average molecular weight is 197 g/mol. The fourth-order valence-corrected chi connectivity index (χ4v) is 0.789. The van der Waals surface area contributed by atoms with E-state index < -0.39 is 12.1 Å². The number of ether oxygens (including phenoxy) is 2. The number of methoxy groups -OCH3 is 1. The topological polar surface area (TPSA) is 68.7 Å². The first-order valence-corrected chi connectivity index (χ1v) is 4.03. The molecule has 14 heavy (non-hydrogen) atoms. The lowest BCUT2D eigenvalue weighted by molar-refractivity contribution is -0.144. The Morgan fingerprint density at radius 1 is 1.57 bits per heavy atom. The van der Waals surface area contributed by atoms with Crippen LogP contribution in [0.15, 0.2) is 18.3 Å². The van der Waals surface area contributed by atoms with Crippen LogP contribution in [0.25, 0.3) is 0 Å². The lowest BCUT2D eigenvalue weighted by Gasteiger charge is -2.08. The van der Waals surface area contributed by atoms with Crippen molar-refractivity contribution in [1.82, 2.24) is 4.98 Å². The maximum Gasteiger partial charge on any atom is 0.344 e. The first kappa shape index (κ1) is 10.3. The summed E-state index contributed by atoms with van der Waals surface area (Å²) in [6.07, 6.45) is 0.556. The van der Waals surface area contributed by atoms with Crippen LogP contribution in [-0.2, 0) is 4.79 Å². The van der Waals surface area contributed by atoms with Crippen LogP contribution in [0.5, 0.6) is 11.6 Å². The molecule has 5 nitrogen and oxygen atoms in total. The SMILES string of the molecule is COc1ccc(OC(C)C(=O)O)nc1. The molecule has 0 aliphatic carbocycles. The molecule has 0 amide bonds. The summed E-state index contributed by atoms with van der Waals surface area (Å²) in [5, 5.41) is 8.57. The van der Waals surface area contributed by atoms with Gasteiger partial charge in [0.25, 0.3) is 0 Å². The molecule has 1 rings (SSSR count). The molecular formula is C9H11NO4. The van der Waals surface area contributed by atoms with Gasteiger partial charge in [-0.3, -0.25) is 0 Å². The second-order valence-corrected chi connectivity index (χ2v) is 2.63. The molecule has 0 spiro atoms. The Balaban J connectivity index is 2.64. The zero-order valence-electron chi connectivity index (χ0n) is 7.93. The van der Waals surface area contributed by atoms with Gasteiger partial charge in [0, 0.05) is 6.07 Å². The highest BCUT2D eigenvalue weighted by atomic mass is 16.5. The van der Waals surface area contributed by atoms with E-state index in [0.29, 0.717) is 5.75 Å². The summed E-state index contributed by atoms with van der Waals surface area (Å²) in [4.78, 5) is 14.3. The lowest BCUT2D eigenvalue weighted by Crippen LogP contribution is -2.23. The van der Waals surface area contributed by atoms with Gasteiger partial charge in [0.2, 0.25) is 5.88 Å². The molecule has 1 N–H and O–H groups in total. The van der Waals surface area contributed by atoms with Gasteiger partial charge in [0.15, 0.2) is 6.10 Å². The van der Waals surface area contributed by atoms with Crippen LogP contribution in [-0.4, -0.2) is 29.3 Å². The van der Waals surface area contributed by atoms with Crippen molar-refractivity contribution in [2.24, 2.45) is 0 Å². The Kier molecular flexibility index (Phi) is 3.28. The molecule has 1 heterocycles. The summed E-state index contributed by atoms with van der Waals surface area (Å²) >= 11 is 0. The van der Waals surface area contributed by atoms with Crippen molar-refractivity contribution in [1.29, 1.82) is 0 Å². The van der Waals surface area contributed by atoms with Crippen LogP contribution >= 0.6 is 0 Å². The van der Waals surface area contributed by atoms with Gasteiger partial charge < -0.3 is 14.6 Å². The van der Waals surface area contributed by atoms with Crippen LogP contribution in [0.2, 0.25) is 0 Å². The molecule has 0 bridgehead atoms. The van der Waals surface area contributed by atoms with Crippen LogP contribution in [0.1, 0.15) is 6.92 Å². The van der Waals surface area contributed by atoms with Gasteiger partial charge in [-0.25, -0.2) is 9.78 Å². The van der Waals surface area contributed by atoms with Gasteiger partial charge >= 0.3 is 5.97 Å². The van der Waals surface area contributed by atoms with Crippen LogP contribution < -0.4 is 9.47 Å². The summed E-state index contributed by atoms with van der Waals surface area (Å²) < 4.78 is 9.90. The van der Waals surface area contributed by atoms with Crippen LogP contribution in [0.4, 0.5) is 0 Å². The molecule has 0 saturated heterocycles. The number of aromatic nitrogens is 1. The monoisotopic (exact) mass is 197 g/mol. The molecule has 1 aromatic heterocycles. The van der Waals surface area contributed by atoms with Gasteiger partial charge in [0.1, 0.15) is 5.75 Å². The third-order valence-corrected chi connectivity index (χ3v) is 1.59.